The van der Waals surface area contributed by atoms with Gasteiger partial charge in [-0.15, -0.1) is 0 Å². The molecule has 1 aliphatic rings. The smallest absolute Gasteiger partial charge is 0.241 e. The maximum atomic E-state index is 11.9. The van der Waals surface area contributed by atoms with Gasteiger partial charge in [0.15, 0.2) is 0 Å². The Hall–Kier alpha value is -1.20. The topological polar surface area (TPSA) is 57.3 Å². The molecule has 0 atom stereocenters. The molecule has 0 aromatic carbocycles. The number of halogens is 2. The van der Waals surface area contributed by atoms with E-state index in [1.807, 2.05) is 4.90 Å². The monoisotopic (exact) mass is 302 g/mol. The molecule has 0 unspecified atom stereocenters. The molecule has 1 aromatic rings. The molecule has 0 radical (unpaired) electrons. The Morgan fingerprint density at radius 1 is 1.32 bits per heavy atom. The lowest BCUT2D eigenvalue weighted by Crippen LogP contribution is -2.33. The molecule has 19 heavy (non-hydrogen) atoms. The van der Waals surface area contributed by atoms with E-state index in [0.717, 1.165) is 25.9 Å². The van der Waals surface area contributed by atoms with E-state index in [-0.39, 0.29) is 12.5 Å². The molecular formula is C12H16Cl2N4O. The fourth-order valence-electron chi connectivity index (χ4n) is 2.00. The van der Waals surface area contributed by atoms with Crippen molar-refractivity contribution in [3.05, 3.63) is 16.1 Å². The minimum Gasteiger partial charge on any atom is -0.372 e. The third-order valence-electron chi connectivity index (χ3n) is 3.03. The van der Waals surface area contributed by atoms with Gasteiger partial charge in [0.2, 0.25) is 5.91 Å². The quantitative estimate of drug-likeness (QED) is 0.897. The van der Waals surface area contributed by atoms with Crippen LogP contribution in [0.25, 0.3) is 0 Å². The highest BCUT2D eigenvalue weighted by molar-refractivity contribution is 6.37. The van der Waals surface area contributed by atoms with Gasteiger partial charge < -0.3 is 15.5 Å². The SMILES string of the molecule is CNc1nc(NCC(=O)N2CCCC2)c(Cl)cc1Cl. The normalized spacial score (nSPS) is 14.6. The van der Waals surface area contributed by atoms with E-state index in [1.165, 1.54) is 0 Å². The van der Waals surface area contributed by atoms with E-state index in [0.29, 0.717) is 21.7 Å². The third-order valence-corrected chi connectivity index (χ3v) is 3.61. The fourth-order valence-corrected chi connectivity index (χ4v) is 2.52. The fraction of sp³-hybridized carbons (Fsp3) is 0.500. The highest BCUT2D eigenvalue weighted by atomic mass is 35.5. The molecule has 104 valence electrons. The summed E-state index contributed by atoms with van der Waals surface area (Å²) in [6, 6.07) is 1.60. The summed E-state index contributed by atoms with van der Waals surface area (Å²) in [6.07, 6.45) is 2.16. The highest BCUT2D eigenvalue weighted by Crippen LogP contribution is 2.28. The maximum Gasteiger partial charge on any atom is 0.241 e. The molecule has 7 heteroatoms. The Labute approximate surface area is 122 Å². The molecule has 0 bridgehead atoms. The summed E-state index contributed by atoms with van der Waals surface area (Å²) in [6.45, 7) is 1.87. The molecule has 2 heterocycles. The van der Waals surface area contributed by atoms with E-state index >= 15 is 0 Å². The van der Waals surface area contributed by atoms with Gasteiger partial charge in [0.1, 0.15) is 11.6 Å². The minimum absolute atomic E-state index is 0.0660. The number of anilines is 2. The van der Waals surface area contributed by atoms with Crippen molar-refractivity contribution < 1.29 is 4.79 Å². The number of nitrogens with one attached hydrogen (secondary N) is 2. The maximum absolute atomic E-state index is 11.9. The van der Waals surface area contributed by atoms with Crippen LogP contribution in [0.4, 0.5) is 11.6 Å². The van der Waals surface area contributed by atoms with Crippen LogP contribution in [0.15, 0.2) is 6.07 Å². The number of nitrogens with zero attached hydrogens (tertiary/aromatic N) is 2. The number of carbonyl (C=O) groups excluding carboxylic acids is 1. The third kappa shape index (κ3) is 3.42. The van der Waals surface area contributed by atoms with Crippen LogP contribution in [0.1, 0.15) is 12.8 Å². The Balaban J connectivity index is 2.00. The summed E-state index contributed by atoms with van der Waals surface area (Å²) in [7, 11) is 1.72. The molecule has 0 saturated carbocycles. The second-order valence-corrected chi connectivity index (χ2v) is 5.16. The minimum atomic E-state index is 0.0660. The zero-order valence-corrected chi connectivity index (χ0v) is 12.2. The van der Waals surface area contributed by atoms with Crippen LogP contribution in [0, 0.1) is 0 Å². The summed E-state index contributed by atoms with van der Waals surface area (Å²) in [4.78, 5) is 18.0. The van der Waals surface area contributed by atoms with Crippen LogP contribution in [0.3, 0.4) is 0 Å². The predicted molar refractivity (Wildman–Crippen MR) is 78.1 cm³/mol. The molecule has 1 fully saturated rings. The van der Waals surface area contributed by atoms with Gasteiger partial charge in [0.05, 0.1) is 16.6 Å². The van der Waals surface area contributed by atoms with Crippen molar-refractivity contribution in [3.63, 3.8) is 0 Å². The molecular weight excluding hydrogens is 287 g/mol. The van der Waals surface area contributed by atoms with E-state index in [2.05, 4.69) is 15.6 Å². The first-order chi connectivity index (χ1) is 9.11. The summed E-state index contributed by atoms with van der Waals surface area (Å²) in [5, 5.41) is 6.68. The molecule has 1 saturated heterocycles. The zero-order valence-electron chi connectivity index (χ0n) is 10.7. The summed E-state index contributed by atoms with van der Waals surface area (Å²) < 4.78 is 0. The van der Waals surface area contributed by atoms with Crippen molar-refractivity contribution in [2.75, 3.05) is 37.3 Å². The largest absolute Gasteiger partial charge is 0.372 e. The van der Waals surface area contributed by atoms with Crippen molar-refractivity contribution in [1.82, 2.24) is 9.88 Å². The molecule has 2 N–H and O–H groups in total. The van der Waals surface area contributed by atoms with Crippen LogP contribution in [0.5, 0.6) is 0 Å². The number of hydrogen-bond acceptors (Lipinski definition) is 4. The van der Waals surface area contributed by atoms with Crippen LogP contribution < -0.4 is 10.6 Å². The molecule has 1 amide bonds. The van der Waals surface area contributed by atoms with Crippen molar-refractivity contribution in [1.29, 1.82) is 0 Å². The summed E-state index contributed by atoms with van der Waals surface area (Å²) in [5.74, 6) is 1.06. The lowest BCUT2D eigenvalue weighted by atomic mass is 10.4. The number of carbonyl (C=O) groups is 1. The number of amides is 1. The molecule has 0 spiro atoms. The Morgan fingerprint density at radius 2 is 1.95 bits per heavy atom. The van der Waals surface area contributed by atoms with Gasteiger partial charge in [0, 0.05) is 20.1 Å². The van der Waals surface area contributed by atoms with Gasteiger partial charge in [-0.2, -0.15) is 0 Å². The Bertz CT molecular complexity index is 475. The standard InChI is InChI=1S/C12H16Cl2N4O/c1-15-11-8(13)6-9(14)12(17-11)16-7-10(19)18-4-2-3-5-18/h6H,2-5,7H2,1H3,(H2,15,16,17). The number of hydrogen-bond donors (Lipinski definition) is 2. The van der Waals surface area contributed by atoms with E-state index in [1.54, 1.807) is 13.1 Å². The van der Waals surface area contributed by atoms with Gasteiger partial charge in [-0.25, -0.2) is 4.98 Å². The van der Waals surface area contributed by atoms with E-state index < -0.39 is 0 Å². The second kappa shape index (κ2) is 6.30. The lowest BCUT2D eigenvalue weighted by Gasteiger charge is -2.16. The van der Waals surface area contributed by atoms with Crippen molar-refractivity contribution in [3.8, 4) is 0 Å². The number of rotatable bonds is 4. The van der Waals surface area contributed by atoms with Gasteiger partial charge >= 0.3 is 0 Å². The number of likely N-dealkylation sites (tertiary alicyclic amines) is 1. The van der Waals surface area contributed by atoms with Crippen molar-refractivity contribution in [2.45, 2.75) is 12.8 Å². The average Bonchev–Trinajstić information content (AvgIpc) is 2.91. The Morgan fingerprint density at radius 3 is 2.58 bits per heavy atom. The van der Waals surface area contributed by atoms with Gasteiger partial charge in [-0.05, 0) is 18.9 Å². The molecule has 0 aliphatic carbocycles. The van der Waals surface area contributed by atoms with Crippen LogP contribution >= 0.6 is 23.2 Å². The number of pyridine rings is 1. The van der Waals surface area contributed by atoms with E-state index in [9.17, 15) is 4.79 Å². The first kappa shape index (κ1) is 14.2. The van der Waals surface area contributed by atoms with Crippen LogP contribution in [-0.4, -0.2) is 42.5 Å². The lowest BCUT2D eigenvalue weighted by molar-refractivity contribution is -0.128. The zero-order chi connectivity index (χ0) is 13.8. The number of aromatic nitrogens is 1. The van der Waals surface area contributed by atoms with Gasteiger partial charge in [-0.1, -0.05) is 23.2 Å². The van der Waals surface area contributed by atoms with Gasteiger partial charge in [-0.3, -0.25) is 4.79 Å². The molecule has 5 nitrogen and oxygen atoms in total. The van der Waals surface area contributed by atoms with Crippen molar-refractivity contribution >= 4 is 40.7 Å². The Kier molecular flexibility index (Phi) is 4.71. The van der Waals surface area contributed by atoms with Crippen LogP contribution in [0.2, 0.25) is 10.0 Å². The molecule has 2 rings (SSSR count). The summed E-state index contributed by atoms with van der Waals surface area (Å²) in [5.41, 5.74) is 0. The molecule has 1 aromatic heterocycles. The summed E-state index contributed by atoms with van der Waals surface area (Å²) >= 11 is 12.0. The molecule has 1 aliphatic heterocycles. The van der Waals surface area contributed by atoms with Crippen LogP contribution in [-0.2, 0) is 4.79 Å². The van der Waals surface area contributed by atoms with Crippen molar-refractivity contribution in [2.24, 2.45) is 0 Å². The first-order valence-corrected chi connectivity index (χ1v) is 6.93. The predicted octanol–water partition coefficient (Wildman–Crippen LogP) is 2.46. The van der Waals surface area contributed by atoms with E-state index in [4.69, 9.17) is 23.2 Å². The average molecular weight is 303 g/mol. The van der Waals surface area contributed by atoms with Gasteiger partial charge in [0.25, 0.3) is 0 Å². The highest BCUT2D eigenvalue weighted by Gasteiger charge is 2.18. The second-order valence-electron chi connectivity index (χ2n) is 4.34. The first-order valence-electron chi connectivity index (χ1n) is 6.17.